The Hall–Kier alpha value is -3.26. The predicted molar refractivity (Wildman–Crippen MR) is 117 cm³/mol. The Labute approximate surface area is 167 Å². The van der Waals surface area contributed by atoms with Gasteiger partial charge >= 0.3 is 0 Å². The van der Waals surface area contributed by atoms with Crippen molar-refractivity contribution in [2.75, 3.05) is 0 Å². The Balaban J connectivity index is 1.61. The van der Waals surface area contributed by atoms with E-state index in [-0.39, 0.29) is 0 Å². The summed E-state index contributed by atoms with van der Waals surface area (Å²) in [6.07, 6.45) is 3.86. The molecule has 0 radical (unpaired) electrons. The Morgan fingerprint density at radius 1 is 0.429 bits per heavy atom. The van der Waals surface area contributed by atoms with Gasteiger partial charge in [0.25, 0.3) is 0 Å². The fourth-order valence-electron chi connectivity index (χ4n) is 3.72. The van der Waals surface area contributed by atoms with Crippen molar-refractivity contribution in [2.24, 2.45) is 0 Å². The molecule has 2 heterocycles. The van der Waals surface area contributed by atoms with Crippen molar-refractivity contribution in [2.45, 2.75) is 27.7 Å². The van der Waals surface area contributed by atoms with Crippen LogP contribution in [0, 0.1) is 27.7 Å². The molecule has 0 saturated heterocycles. The molecule has 0 atom stereocenters. The van der Waals surface area contributed by atoms with Gasteiger partial charge < -0.3 is 0 Å². The van der Waals surface area contributed by atoms with E-state index in [1.54, 1.807) is 0 Å². The second-order valence-electron chi connectivity index (χ2n) is 7.62. The number of aryl methyl sites for hydroxylation is 4. The second kappa shape index (κ2) is 7.40. The van der Waals surface area contributed by atoms with E-state index in [0.29, 0.717) is 0 Å². The predicted octanol–water partition coefficient (Wildman–Crippen LogP) is 6.71. The molecule has 2 heteroatoms. The molecule has 0 fully saturated rings. The average Bonchev–Trinajstić information content (AvgIpc) is 2.67. The third-order valence-corrected chi connectivity index (χ3v) is 4.90. The molecule has 0 amide bonds. The third-order valence-electron chi connectivity index (χ3n) is 4.90. The molecule has 0 bridgehead atoms. The summed E-state index contributed by atoms with van der Waals surface area (Å²) < 4.78 is 0. The fraction of sp³-hybridized carbons (Fsp3) is 0.154. The van der Waals surface area contributed by atoms with E-state index in [2.05, 4.69) is 98.3 Å². The van der Waals surface area contributed by atoms with Crippen molar-refractivity contribution in [3.05, 3.63) is 95.3 Å². The lowest BCUT2D eigenvalue weighted by molar-refractivity contribution is 1.28. The summed E-state index contributed by atoms with van der Waals surface area (Å²) in [5.41, 5.74) is 11.5. The molecule has 0 saturated carbocycles. The van der Waals surface area contributed by atoms with Gasteiger partial charge in [0.15, 0.2) is 0 Å². The molecule has 0 aliphatic carbocycles. The van der Waals surface area contributed by atoms with Gasteiger partial charge in [-0.3, -0.25) is 9.97 Å². The molecule has 4 aromatic rings. The molecule has 28 heavy (non-hydrogen) atoms. The number of rotatable bonds is 3. The maximum absolute atomic E-state index is 4.68. The summed E-state index contributed by atoms with van der Waals surface area (Å²) >= 11 is 0. The Bertz CT molecular complexity index is 991. The first-order valence-corrected chi connectivity index (χ1v) is 9.58. The van der Waals surface area contributed by atoms with Gasteiger partial charge in [0.05, 0.1) is 11.4 Å². The summed E-state index contributed by atoms with van der Waals surface area (Å²) in [4.78, 5) is 9.37. The van der Waals surface area contributed by atoms with Gasteiger partial charge in [0.2, 0.25) is 0 Å². The number of pyridine rings is 2. The first-order valence-electron chi connectivity index (χ1n) is 9.58. The van der Waals surface area contributed by atoms with Crippen LogP contribution in [0.15, 0.2) is 73.1 Å². The van der Waals surface area contributed by atoms with Crippen LogP contribution in [-0.4, -0.2) is 9.97 Å². The van der Waals surface area contributed by atoms with Gasteiger partial charge in [0, 0.05) is 34.6 Å². The number of nitrogens with zero attached hydrogens (tertiary/aromatic N) is 2. The van der Waals surface area contributed by atoms with E-state index in [9.17, 15) is 0 Å². The number of aromatic nitrogens is 2. The third kappa shape index (κ3) is 3.86. The highest BCUT2D eigenvalue weighted by Crippen LogP contribution is 2.26. The number of benzene rings is 2. The molecule has 0 N–H and O–H groups in total. The zero-order valence-electron chi connectivity index (χ0n) is 16.8. The van der Waals surface area contributed by atoms with Gasteiger partial charge in [-0.05, 0) is 64.1 Å². The normalized spacial score (nSPS) is 10.9. The first-order chi connectivity index (χ1) is 13.5. The maximum atomic E-state index is 4.68. The standard InChI is InChI=1S/C26H24N2/c1-17-9-18(2)12-23(11-17)25-7-5-21(15-27-25)22-6-8-26(28-16-22)24-13-19(3)10-20(4)14-24/h5-16H,1-4H3. The van der Waals surface area contributed by atoms with Crippen LogP contribution >= 0.6 is 0 Å². The summed E-state index contributed by atoms with van der Waals surface area (Å²) in [7, 11) is 0. The van der Waals surface area contributed by atoms with Crippen molar-refractivity contribution in [3.8, 4) is 33.6 Å². The zero-order chi connectivity index (χ0) is 19.7. The van der Waals surface area contributed by atoms with E-state index >= 15 is 0 Å². The fourth-order valence-corrected chi connectivity index (χ4v) is 3.72. The summed E-state index contributed by atoms with van der Waals surface area (Å²) in [5, 5.41) is 0. The molecule has 0 unspecified atom stereocenters. The lowest BCUT2D eigenvalue weighted by atomic mass is 10.0. The molecule has 138 valence electrons. The highest BCUT2D eigenvalue weighted by molar-refractivity contribution is 5.69. The molecule has 2 aromatic heterocycles. The topological polar surface area (TPSA) is 25.8 Å². The highest BCUT2D eigenvalue weighted by atomic mass is 14.7. The average molecular weight is 364 g/mol. The summed E-state index contributed by atoms with van der Waals surface area (Å²) in [6, 6.07) is 21.5. The molecule has 2 nitrogen and oxygen atoms in total. The van der Waals surface area contributed by atoms with Crippen LogP contribution < -0.4 is 0 Å². The van der Waals surface area contributed by atoms with Crippen molar-refractivity contribution in [3.63, 3.8) is 0 Å². The SMILES string of the molecule is Cc1cc(C)cc(-c2ccc(-c3ccc(-c4cc(C)cc(C)c4)nc3)cn2)c1. The summed E-state index contributed by atoms with van der Waals surface area (Å²) in [6.45, 7) is 8.48. The van der Waals surface area contributed by atoms with E-state index < -0.39 is 0 Å². The minimum absolute atomic E-state index is 0.996. The van der Waals surface area contributed by atoms with Crippen LogP contribution in [0.2, 0.25) is 0 Å². The first kappa shape index (κ1) is 18.1. The maximum Gasteiger partial charge on any atom is 0.0702 e. The Morgan fingerprint density at radius 3 is 1.07 bits per heavy atom. The van der Waals surface area contributed by atoms with Crippen molar-refractivity contribution < 1.29 is 0 Å². The molecule has 0 aliphatic heterocycles. The van der Waals surface area contributed by atoms with Crippen LogP contribution in [0.5, 0.6) is 0 Å². The molecular weight excluding hydrogens is 340 g/mol. The van der Waals surface area contributed by atoms with Crippen molar-refractivity contribution in [1.29, 1.82) is 0 Å². The Kier molecular flexibility index (Phi) is 4.79. The van der Waals surface area contributed by atoms with Gasteiger partial charge in [-0.1, -0.05) is 46.5 Å². The minimum atomic E-state index is 0.996. The van der Waals surface area contributed by atoms with Gasteiger partial charge in [-0.15, -0.1) is 0 Å². The lowest BCUT2D eigenvalue weighted by Crippen LogP contribution is -1.89. The van der Waals surface area contributed by atoms with Gasteiger partial charge in [-0.2, -0.15) is 0 Å². The van der Waals surface area contributed by atoms with Crippen LogP contribution in [0.1, 0.15) is 22.3 Å². The van der Waals surface area contributed by atoms with E-state index in [4.69, 9.17) is 0 Å². The van der Waals surface area contributed by atoms with Crippen molar-refractivity contribution >= 4 is 0 Å². The smallest absolute Gasteiger partial charge is 0.0702 e. The Morgan fingerprint density at radius 2 is 0.786 bits per heavy atom. The van der Waals surface area contributed by atoms with E-state index in [1.165, 1.54) is 22.3 Å². The molecule has 0 spiro atoms. The number of hydrogen-bond acceptors (Lipinski definition) is 2. The van der Waals surface area contributed by atoms with Crippen LogP contribution in [0.3, 0.4) is 0 Å². The second-order valence-corrected chi connectivity index (χ2v) is 7.62. The van der Waals surface area contributed by atoms with Gasteiger partial charge in [-0.25, -0.2) is 0 Å². The van der Waals surface area contributed by atoms with Gasteiger partial charge in [0.1, 0.15) is 0 Å². The monoisotopic (exact) mass is 364 g/mol. The molecule has 2 aromatic carbocycles. The van der Waals surface area contributed by atoms with Crippen LogP contribution in [0.25, 0.3) is 33.6 Å². The largest absolute Gasteiger partial charge is 0.256 e. The van der Waals surface area contributed by atoms with Crippen LogP contribution in [-0.2, 0) is 0 Å². The quantitative estimate of drug-likeness (QED) is 0.404. The number of hydrogen-bond donors (Lipinski definition) is 0. The van der Waals surface area contributed by atoms with E-state index in [0.717, 1.165) is 33.6 Å². The van der Waals surface area contributed by atoms with Crippen LogP contribution in [0.4, 0.5) is 0 Å². The minimum Gasteiger partial charge on any atom is -0.256 e. The molecular formula is C26H24N2. The zero-order valence-corrected chi connectivity index (χ0v) is 16.8. The van der Waals surface area contributed by atoms with Crippen molar-refractivity contribution in [1.82, 2.24) is 9.97 Å². The van der Waals surface area contributed by atoms with E-state index in [1.807, 2.05) is 12.4 Å². The lowest BCUT2D eigenvalue weighted by Gasteiger charge is -2.08. The highest BCUT2D eigenvalue weighted by Gasteiger charge is 2.06. The molecule has 4 rings (SSSR count). The summed E-state index contributed by atoms with van der Waals surface area (Å²) in [5.74, 6) is 0. The molecule has 0 aliphatic rings.